The number of phenolic OH excluding ortho intramolecular Hbond substituents is 1. The van der Waals surface area contributed by atoms with Crippen molar-refractivity contribution in [1.82, 2.24) is 0 Å². The fourth-order valence-corrected chi connectivity index (χ4v) is 1.84. The molecule has 0 saturated heterocycles. The normalized spacial score (nSPS) is 9.76. The third kappa shape index (κ3) is 3.32. The van der Waals surface area contributed by atoms with Gasteiger partial charge in [0.1, 0.15) is 23.8 Å². The Morgan fingerprint density at radius 3 is 2.62 bits per heavy atom. The van der Waals surface area contributed by atoms with E-state index >= 15 is 0 Å². The lowest BCUT2D eigenvalue weighted by Gasteiger charge is -2.11. The van der Waals surface area contributed by atoms with Gasteiger partial charge in [-0.3, -0.25) is 4.79 Å². The molecule has 0 saturated carbocycles. The van der Waals surface area contributed by atoms with Gasteiger partial charge in [-0.05, 0) is 30.2 Å². The van der Waals surface area contributed by atoms with Crippen LogP contribution in [-0.4, -0.2) is 10.9 Å². The monoisotopic (exact) mass is 283 g/mol. The zero-order chi connectivity index (χ0) is 15.2. The van der Waals surface area contributed by atoms with Crippen LogP contribution in [-0.2, 0) is 6.61 Å². The highest BCUT2D eigenvalue weighted by molar-refractivity contribution is 5.98. The van der Waals surface area contributed by atoms with Crippen molar-refractivity contribution >= 4 is 11.5 Å². The first-order valence-corrected chi connectivity index (χ1v) is 6.22. The zero-order valence-corrected chi connectivity index (χ0v) is 11.4. The van der Waals surface area contributed by atoms with Gasteiger partial charge in [0.05, 0.1) is 5.56 Å². The molecule has 0 aliphatic heterocycles. The molecule has 0 radical (unpaired) electrons. The number of hydrogen-bond acceptors (Lipinski definition) is 4. The van der Waals surface area contributed by atoms with Gasteiger partial charge in [-0.15, -0.1) is 0 Å². The van der Waals surface area contributed by atoms with Crippen molar-refractivity contribution in [1.29, 1.82) is 0 Å². The second kappa shape index (κ2) is 6.45. The number of azide groups is 1. The molecule has 0 spiro atoms. The number of carbonyl (C=O) groups excluding carboxylic acids is 1. The van der Waals surface area contributed by atoms with Crippen LogP contribution in [0.1, 0.15) is 22.8 Å². The Kier molecular flexibility index (Phi) is 4.43. The van der Waals surface area contributed by atoms with Crippen molar-refractivity contribution in [3.8, 4) is 11.5 Å². The predicted octanol–water partition coefficient (Wildman–Crippen LogP) is 4.12. The van der Waals surface area contributed by atoms with Crippen LogP contribution in [0.4, 0.5) is 5.69 Å². The van der Waals surface area contributed by atoms with Gasteiger partial charge in [-0.2, -0.15) is 0 Å². The van der Waals surface area contributed by atoms with Crippen molar-refractivity contribution in [3.63, 3.8) is 0 Å². The second-order valence-electron chi connectivity index (χ2n) is 4.33. The lowest BCUT2D eigenvalue weighted by atomic mass is 10.1. The molecule has 0 heterocycles. The molecular weight excluding hydrogens is 270 g/mol. The Morgan fingerprint density at radius 1 is 1.29 bits per heavy atom. The zero-order valence-electron chi connectivity index (χ0n) is 11.4. The van der Waals surface area contributed by atoms with Crippen LogP contribution in [0, 0.1) is 0 Å². The summed E-state index contributed by atoms with van der Waals surface area (Å²) < 4.78 is 5.56. The van der Waals surface area contributed by atoms with E-state index in [1.807, 2.05) is 30.3 Å². The number of carbonyl (C=O) groups is 1. The summed E-state index contributed by atoms with van der Waals surface area (Å²) in [6, 6.07) is 12.4. The minimum Gasteiger partial charge on any atom is -0.507 e. The molecule has 0 aliphatic carbocycles. The molecule has 21 heavy (non-hydrogen) atoms. The predicted molar refractivity (Wildman–Crippen MR) is 77.7 cm³/mol. The average molecular weight is 283 g/mol. The molecule has 2 rings (SSSR count). The molecule has 0 aromatic heterocycles. The molecule has 1 N–H and O–H groups in total. The van der Waals surface area contributed by atoms with Gasteiger partial charge >= 0.3 is 0 Å². The smallest absolute Gasteiger partial charge is 0.163 e. The van der Waals surface area contributed by atoms with Crippen LogP contribution in [0.5, 0.6) is 11.5 Å². The minimum atomic E-state index is -0.370. The van der Waals surface area contributed by atoms with Crippen molar-refractivity contribution in [2.75, 3.05) is 0 Å². The van der Waals surface area contributed by atoms with E-state index in [2.05, 4.69) is 10.0 Å². The van der Waals surface area contributed by atoms with Gasteiger partial charge in [-0.1, -0.05) is 35.4 Å². The SMILES string of the molecule is CC(=O)c1ccc(OCc2ccccc2)c(N=[N+]=[N-])c1O. The highest BCUT2D eigenvalue weighted by Crippen LogP contribution is 2.40. The van der Waals surface area contributed by atoms with Crippen molar-refractivity contribution in [2.24, 2.45) is 5.11 Å². The van der Waals surface area contributed by atoms with E-state index in [0.29, 0.717) is 0 Å². The van der Waals surface area contributed by atoms with Crippen LogP contribution >= 0.6 is 0 Å². The summed E-state index contributed by atoms with van der Waals surface area (Å²) in [6.45, 7) is 1.58. The van der Waals surface area contributed by atoms with Crippen LogP contribution in [0.3, 0.4) is 0 Å². The molecular formula is C15H13N3O3. The second-order valence-corrected chi connectivity index (χ2v) is 4.33. The minimum absolute atomic E-state index is 0.0823. The number of rotatable bonds is 5. The summed E-state index contributed by atoms with van der Waals surface area (Å²) in [7, 11) is 0. The fraction of sp³-hybridized carbons (Fsp3) is 0.133. The number of Topliss-reactive ketones (excluding diaryl/α,β-unsaturated/α-hetero) is 1. The Balaban J connectivity index is 2.33. The van der Waals surface area contributed by atoms with Crippen LogP contribution in [0.25, 0.3) is 10.4 Å². The van der Waals surface area contributed by atoms with Gasteiger partial charge in [0.2, 0.25) is 0 Å². The van der Waals surface area contributed by atoms with Crippen molar-refractivity contribution in [3.05, 3.63) is 64.0 Å². The standard InChI is InChI=1S/C15H13N3O3/c1-10(19)12-7-8-13(14(15(12)20)17-18-16)21-9-11-5-3-2-4-6-11/h2-8,20H,9H2,1H3. The quantitative estimate of drug-likeness (QED) is 0.387. The number of ketones is 1. The first kappa shape index (κ1) is 14.4. The van der Waals surface area contributed by atoms with Crippen molar-refractivity contribution < 1.29 is 14.6 Å². The first-order chi connectivity index (χ1) is 10.1. The molecule has 0 fully saturated rings. The maximum absolute atomic E-state index is 11.4. The number of nitrogens with zero attached hydrogens (tertiary/aromatic N) is 3. The van der Waals surface area contributed by atoms with E-state index in [1.165, 1.54) is 19.1 Å². The molecule has 0 atom stereocenters. The maximum Gasteiger partial charge on any atom is 0.163 e. The topological polar surface area (TPSA) is 95.3 Å². The lowest BCUT2D eigenvalue weighted by molar-refractivity contribution is 0.101. The third-order valence-corrected chi connectivity index (χ3v) is 2.88. The number of aromatic hydroxyl groups is 1. The van der Waals surface area contributed by atoms with E-state index in [9.17, 15) is 9.90 Å². The first-order valence-electron chi connectivity index (χ1n) is 6.22. The molecule has 6 heteroatoms. The summed E-state index contributed by atoms with van der Waals surface area (Å²) in [4.78, 5) is 14.0. The number of hydrogen-bond donors (Lipinski definition) is 1. The highest BCUT2D eigenvalue weighted by Gasteiger charge is 2.15. The summed E-state index contributed by atoms with van der Waals surface area (Å²) in [5.41, 5.74) is 9.53. The molecule has 106 valence electrons. The van der Waals surface area contributed by atoms with E-state index < -0.39 is 0 Å². The van der Waals surface area contributed by atoms with E-state index in [-0.39, 0.29) is 35.1 Å². The Bertz CT molecular complexity index is 708. The van der Waals surface area contributed by atoms with E-state index in [1.54, 1.807) is 0 Å². The van der Waals surface area contributed by atoms with E-state index in [0.717, 1.165) is 5.56 Å². The molecule has 0 aliphatic rings. The largest absolute Gasteiger partial charge is 0.507 e. The molecule has 2 aromatic carbocycles. The number of ether oxygens (including phenoxy) is 1. The fourth-order valence-electron chi connectivity index (χ4n) is 1.84. The lowest BCUT2D eigenvalue weighted by Crippen LogP contribution is -1.98. The summed E-state index contributed by atoms with van der Waals surface area (Å²) in [6.07, 6.45) is 0. The Hall–Kier alpha value is -2.98. The van der Waals surface area contributed by atoms with E-state index in [4.69, 9.17) is 10.3 Å². The molecule has 0 unspecified atom stereocenters. The molecule has 6 nitrogen and oxygen atoms in total. The summed E-state index contributed by atoms with van der Waals surface area (Å²) >= 11 is 0. The Labute approximate surface area is 121 Å². The molecule has 2 aromatic rings. The third-order valence-electron chi connectivity index (χ3n) is 2.88. The van der Waals surface area contributed by atoms with Gasteiger partial charge < -0.3 is 9.84 Å². The number of benzene rings is 2. The van der Waals surface area contributed by atoms with Crippen LogP contribution in [0.2, 0.25) is 0 Å². The molecule has 0 amide bonds. The van der Waals surface area contributed by atoms with Gasteiger partial charge in [-0.25, -0.2) is 0 Å². The highest BCUT2D eigenvalue weighted by atomic mass is 16.5. The van der Waals surface area contributed by atoms with Gasteiger partial charge in [0.15, 0.2) is 5.78 Å². The summed E-state index contributed by atoms with van der Waals surface area (Å²) in [5, 5.41) is 13.4. The molecule has 0 bridgehead atoms. The van der Waals surface area contributed by atoms with Crippen LogP contribution in [0.15, 0.2) is 47.6 Å². The number of phenols is 1. The average Bonchev–Trinajstić information content (AvgIpc) is 2.48. The van der Waals surface area contributed by atoms with Gasteiger partial charge in [0.25, 0.3) is 0 Å². The Morgan fingerprint density at radius 2 is 2.00 bits per heavy atom. The van der Waals surface area contributed by atoms with Crippen molar-refractivity contribution in [2.45, 2.75) is 13.5 Å². The van der Waals surface area contributed by atoms with Gasteiger partial charge in [0, 0.05) is 4.91 Å². The van der Waals surface area contributed by atoms with Crippen LogP contribution < -0.4 is 4.74 Å². The summed E-state index contributed by atoms with van der Waals surface area (Å²) in [5.74, 6) is -0.471. The maximum atomic E-state index is 11.4.